The van der Waals surface area contributed by atoms with E-state index in [-0.39, 0.29) is 24.4 Å². The molecule has 1 rings (SSSR count). The normalized spacial score (nSPS) is 18.0. The highest BCUT2D eigenvalue weighted by Gasteiger charge is 2.33. The third-order valence-corrected chi connectivity index (χ3v) is 3.12. The summed E-state index contributed by atoms with van der Waals surface area (Å²) in [7, 11) is 0. The number of rotatable bonds is 5. The Morgan fingerprint density at radius 3 is 2.25 bits per heavy atom. The summed E-state index contributed by atoms with van der Waals surface area (Å²) in [5.74, 6) is -0.754. The lowest BCUT2D eigenvalue weighted by Crippen LogP contribution is -2.52. The fourth-order valence-corrected chi connectivity index (χ4v) is 1.79. The number of aliphatic carboxylic acids is 1. The molecule has 2 N–H and O–H groups in total. The second-order valence-corrected chi connectivity index (χ2v) is 4.66. The van der Waals surface area contributed by atoms with Gasteiger partial charge in [-0.1, -0.05) is 6.92 Å². The van der Waals surface area contributed by atoms with E-state index < -0.39 is 5.97 Å². The van der Waals surface area contributed by atoms with Crippen molar-refractivity contribution < 1.29 is 14.7 Å². The minimum Gasteiger partial charge on any atom is -0.480 e. The van der Waals surface area contributed by atoms with E-state index in [0.717, 1.165) is 13.1 Å². The maximum absolute atomic E-state index is 12.1. The Balaban J connectivity index is 2.61. The molecule has 92 valence electrons. The quantitative estimate of drug-likeness (QED) is 0.703. The molecule has 16 heavy (non-hydrogen) atoms. The molecule has 0 aromatic carbocycles. The fraction of sp³-hybridized carbons (Fsp3) is 0.818. The van der Waals surface area contributed by atoms with E-state index in [1.165, 1.54) is 4.90 Å². The van der Waals surface area contributed by atoms with E-state index in [1.807, 2.05) is 20.8 Å². The van der Waals surface area contributed by atoms with Gasteiger partial charge in [0.25, 0.3) is 0 Å². The summed E-state index contributed by atoms with van der Waals surface area (Å²) in [6.07, 6.45) is 0. The lowest BCUT2D eigenvalue weighted by atomic mass is 9.87. The van der Waals surface area contributed by atoms with Crippen LogP contribution in [0.25, 0.3) is 0 Å². The predicted octanol–water partition coefficient (Wildman–Crippen LogP) is 0.164. The highest BCUT2D eigenvalue weighted by Crippen LogP contribution is 2.19. The molecule has 0 radical (unpaired) electrons. The van der Waals surface area contributed by atoms with Crippen LogP contribution >= 0.6 is 0 Å². The van der Waals surface area contributed by atoms with Crippen molar-refractivity contribution in [2.24, 2.45) is 11.8 Å². The first-order valence-electron chi connectivity index (χ1n) is 5.66. The second-order valence-electron chi connectivity index (χ2n) is 4.66. The number of nitrogens with zero attached hydrogens (tertiary/aromatic N) is 1. The van der Waals surface area contributed by atoms with Gasteiger partial charge in [0.2, 0.25) is 5.91 Å². The van der Waals surface area contributed by atoms with Crippen LogP contribution in [0.1, 0.15) is 20.8 Å². The van der Waals surface area contributed by atoms with E-state index in [1.54, 1.807) is 0 Å². The average molecular weight is 228 g/mol. The summed E-state index contributed by atoms with van der Waals surface area (Å²) in [5.41, 5.74) is 0. The van der Waals surface area contributed by atoms with Crippen LogP contribution in [-0.4, -0.2) is 47.6 Å². The van der Waals surface area contributed by atoms with Gasteiger partial charge in [0.1, 0.15) is 6.54 Å². The third-order valence-electron chi connectivity index (χ3n) is 3.12. The summed E-state index contributed by atoms with van der Waals surface area (Å²) in [4.78, 5) is 24.2. The van der Waals surface area contributed by atoms with E-state index in [0.29, 0.717) is 5.92 Å². The molecule has 0 bridgehead atoms. The van der Waals surface area contributed by atoms with Crippen molar-refractivity contribution in [1.29, 1.82) is 0 Å². The molecule has 1 aliphatic heterocycles. The van der Waals surface area contributed by atoms with Gasteiger partial charge in [-0.25, -0.2) is 0 Å². The van der Waals surface area contributed by atoms with Gasteiger partial charge < -0.3 is 15.3 Å². The van der Waals surface area contributed by atoms with Gasteiger partial charge >= 0.3 is 5.97 Å². The predicted molar refractivity (Wildman–Crippen MR) is 60.0 cm³/mol. The van der Waals surface area contributed by atoms with E-state index in [2.05, 4.69) is 5.32 Å². The van der Waals surface area contributed by atoms with Crippen LogP contribution in [0, 0.1) is 11.8 Å². The molecule has 5 nitrogen and oxygen atoms in total. The van der Waals surface area contributed by atoms with Crippen LogP contribution in [0.15, 0.2) is 0 Å². The highest BCUT2D eigenvalue weighted by molar-refractivity contribution is 5.83. The molecular formula is C11H20N2O3. The third kappa shape index (κ3) is 2.95. The van der Waals surface area contributed by atoms with Crippen molar-refractivity contribution in [3.05, 3.63) is 0 Å². The Kier molecular flexibility index (Phi) is 4.29. The van der Waals surface area contributed by atoms with Gasteiger partial charge in [-0.2, -0.15) is 0 Å². The number of hydrogen-bond donors (Lipinski definition) is 2. The molecule has 1 amide bonds. The zero-order valence-electron chi connectivity index (χ0n) is 10.1. The van der Waals surface area contributed by atoms with Gasteiger partial charge in [-0.05, 0) is 32.9 Å². The topological polar surface area (TPSA) is 69.6 Å². The summed E-state index contributed by atoms with van der Waals surface area (Å²) in [6.45, 7) is 7.06. The van der Waals surface area contributed by atoms with Crippen LogP contribution in [-0.2, 0) is 9.59 Å². The smallest absolute Gasteiger partial charge is 0.323 e. The van der Waals surface area contributed by atoms with Gasteiger partial charge in [-0.15, -0.1) is 0 Å². The zero-order valence-corrected chi connectivity index (χ0v) is 10.1. The van der Waals surface area contributed by atoms with E-state index in [4.69, 9.17) is 5.11 Å². The van der Waals surface area contributed by atoms with Crippen molar-refractivity contribution in [3.8, 4) is 0 Å². The minimum absolute atomic E-state index is 0.0519. The Morgan fingerprint density at radius 2 is 1.94 bits per heavy atom. The van der Waals surface area contributed by atoms with Gasteiger partial charge in [0.15, 0.2) is 0 Å². The summed E-state index contributed by atoms with van der Waals surface area (Å²) in [5, 5.41) is 11.9. The van der Waals surface area contributed by atoms with Gasteiger partial charge in [0, 0.05) is 12.0 Å². The maximum atomic E-state index is 12.1. The Morgan fingerprint density at radius 1 is 1.38 bits per heavy atom. The first-order chi connectivity index (χ1) is 7.43. The maximum Gasteiger partial charge on any atom is 0.323 e. The van der Waals surface area contributed by atoms with Crippen molar-refractivity contribution in [2.75, 3.05) is 19.6 Å². The molecule has 1 heterocycles. The van der Waals surface area contributed by atoms with Crippen molar-refractivity contribution in [2.45, 2.75) is 26.8 Å². The molecule has 0 saturated carbocycles. The monoisotopic (exact) mass is 228 g/mol. The Labute approximate surface area is 95.8 Å². The first-order valence-corrected chi connectivity index (χ1v) is 5.66. The molecule has 1 saturated heterocycles. The van der Waals surface area contributed by atoms with Crippen molar-refractivity contribution in [3.63, 3.8) is 0 Å². The second kappa shape index (κ2) is 5.30. The lowest BCUT2D eigenvalue weighted by molar-refractivity contribution is -0.148. The average Bonchev–Trinajstić information content (AvgIpc) is 2.09. The van der Waals surface area contributed by atoms with E-state index >= 15 is 0 Å². The number of amides is 1. The Hall–Kier alpha value is -1.10. The van der Waals surface area contributed by atoms with Crippen LogP contribution in [0.5, 0.6) is 0 Å². The molecule has 0 aromatic heterocycles. The summed E-state index contributed by atoms with van der Waals surface area (Å²) < 4.78 is 0. The molecular weight excluding hydrogens is 208 g/mol. The van der Waals surface area contributed by atoms with Gasteiger partial charge in [-0.3, -0.25) is 9.59 Å². The number of carboxylic acids is 1. The SMILES string of the molecule is CC(C(=O)N(CC(=O)O)C(C)C)C1CNC1. The molecule has 1 fully saturated rings. The standard InChI is InChI=1S/C11H20N2O3/c1-7(2)13(6-10(14)15)11(16)8(3)9-4-12-5-9/h7-9,12H,4-6H2,1-3H3,(H,14,15). The van der Waals surface area contributed by atoms with Crippen LogP contribution < -0.4 is 5.32 Å². The van der Waals surface area contributed by atoms with E-state index in [9.17, 15) is 9.59 Å². The molecule has 1 aliphatic rings. The Bertz CT molecular complexity index is 274. The molecule has 0 aromatic rings. The highest BCUT2D eigenvalue weighted by atomic mass is 16.4. The zero-order chi connectivity index (χ0) is 12.3. The minimum atomic E-state index is -0.957. The van der Waals surface area contributed by atoms with Crippen LogP contribution in [0.4, 0.5) is 0 Å². The van der Waals surface area contributed by atoms with Crippen LogP contribution in [0.2, 0.25) is 0 Å². The number of hydrogen-bond acceptors (Lipinski definition) is 3. The first kappa shape index (κ1) is 13.0. The van der Waals surface area contributed by atoms with Crippen molar-refractivity contribution in [1.82, 2.24) is 10.2 Å². The number of carboxylic acid groups (broad SMARTS) is 1. The largest absolute Gasteiger partial charge is 0.480 e. The fourth-order valence-electron chi connectivity index (χ4n) is 1.79. The molecule has 1 atom stereocenters. The number of nitrogens with one attached hydrogen (secondary N) is 1. The lowest BCUT2D eigenvalue weighted by Gasteiger charge is -2.36. The summed E-state index contributed by atoms with van der Waals surface area (Å²) >= 11 is 0. The van der Waals surface area contributed by atoms with Crippen molar-refractivity contribution >= 4 is 11.9 Å². The van der Waals surface area contributed by atoms with Crippen LogP contribution in [0.3, 0.4) is 0 Å². The molecule has 0 aliphatic carbocycles. The molecule has 0 spiro atoms. The number of carbonyl (C=O) groups is 2. The summed E-state index contributed by atoms with van der Waals surface area (Å²) in [6, 6.07) is -0.0703. The molecule has 1 unspecified atom stereocenters. The molecule has 5 heteroatoms. The number of carbonyl (C=O) groups excluding carboxylic acids is 1. The van der Waals surface area contributed by atoms with Gasteiger partial charge in [0.05, 0.1) is 0 Å².